The van der Waals surface area contributed by atoms with E-state index in [1.165, 1.54) is 11.1 Å². The zero-order valence-electron chi connectivity index (χ0n) is 16.7. The van der Waals surface area contributed by atoms with Crippen molar-refractivity contribution in [2.75, 3.05) is 13.1 Å². The smallest absolute Gasteiger partial charge is 0.187 e. The Morgan fingerprint density at radius 2 is 1.31 bits per heavy atom. The van der Waals surface area contributed by atoms with Crippen LogP contribution in [0.4, 0.5) is 0 Å². The van der Waals surface area contributed by atoms with E-state index < -0.39 is 0 Å². The van der Waals surface area contributed by atoms with E-state index in [2.05, 4.69) is 36.1 Å². The Morgan fingerprint density at radius 3 is 1.83 bits per heavy atom. The van der Waals surface area contributed by atoms with E-state index in [0.29, 0.717) is 13.1 Å². The minimum Gasteiger partial charge on any atom is -0.290 e. The van der Waals surface area contributed by atoms with Crippen molar-refractivity contribution >= 4 is 17.9 Å². The van der Waals surface area contributed by atoms with Gasteiger partial charge in [-0.1, -0.05) is 90.5 Å². The maximum atomic E-state index is 13.2. The lowest BCUT2D eigenvalue weighted by Gasteiger charge is -2.30. The number of aryl methyl sites for hydroxylation is 1. The fourth-order valence-corrected chi connectivity index (χ4v) is 3.79. The van der Waals surface area contributed by atoms with Crippen molar-refractivity contribution in [1.29, 1.82) is 0 Å². The molecule has 2 heteroatoms. The molecule has 0 amide bonds. The van der Waals surface area contributed by atoms with Crippen LogP contribution in [0.5, 0.6) is 0 Å². The lowest BCUT2D eigenvalue weighted by molar-refractivity contribution is -0.113. The van der Waals surface area contributed by atoms with Crippen molar-refractivity contribution in [1.82, 2.24) is 4.90 Å². The molecule has 2 nitrogen and oxygen atoms in total. The third-order valence-corrected chi connectivity index (χ3v) is 5.14. The largest absolute Gasteiger partial charge is 0.290 e. The number of likely N-dealkylation sites (tertiary alicyclic amines) is 1. The van der Waals surface area contributed by atoms with Crippen molar-refractivity contribution < 1.29 is 4.79 Å². The molecule has 0 spiro atoms. The quantitative estimate of drug-likeness (QED) is 0.554. The van der Waals surface area contributed by atoms with Crippen LogP contribution in [0.1, 0.15) is 22.3 Å². The molecule has 1 fully saturated rings. The van der Waals surface area contributed by atoms with Gasteiger partial charge in [-0.15, -0.1) is 0 Å². The summed E-state index contributed by atoms with van der Waals surface area (Å²) in [6, 6.07) is 28.8. The van der Waals surface area contributed by atoms with E-state index in [0.717, 1.165) is 28.8 Å². The zero-order valence-corrected chi connectivity index (χ0v) is 16.7. The van der Waals surface area contributed by atoms with E-state index in [9.17, 15) is 4.79 Å². The normalized spacial score (nSPS) is 17.8. The predicted molar refractivity (Wildman–Crippen MR) is 120 cm³/mol. The summed E-state index contributed by atoms with van der Waals surface area (Å²) < 4.78 is 0. The maximum absolute atomic E-state index is 13.2. The van der Waals surface area contributed by atoms with Crippen LogP contribution in [-0.2, 0) is 11.3 Å². The highest BCUT2D eigenvalue weighted by molar-refractivity contribution is 6.14. The molecule has 1 aliphatic rings. The second-order valence-corrected chi connectivity index (χ2v) is 7.62. The predicted octanol–water partition coefficient (Wildman–Crippen LogP) is 5.55. The Morgan fingerprint density at radius 1 is 0.759 bits per heavy atom. The monoisotopic (exact) mass is 379 g/mol. The SMILES string of the molecule is Cc1cccc(CN2C/C(=C\c3ccccc3)C(=O)/C(=C/c3ccccc3)C2)c1. The van der Waals surface area contributed by atoms with Crippen molar-refractivity contribution in [3.05, 3.63) is 118 Å². The number of nitrogens with zero attached hydrogens (tertiary/aromatic N) is 1. The Bertz CT molecular complexity index is 987. The van der Waals surface area contributed by atoms with Gasteiger partial charge < -0.3 is 0 Å². The van der Waals surface area contributed by atoms with Crippen LogP contribution in [0.15, 0.2) is 96.1 Å². The highest BCUT2D eigenvalue weighted by atomic mass is 16.1. The molecule has 1 aliphatic heterocycles. The van der Waals surface area contributed by atoms with Crippen LogP contribution in [-0.4, -0.2) is 23.8 Å². The van der Waals surface area contributed by atoms with Gasteiger partial charge in [-0.25, -0.2) is 0 Å². The van der Waals surface area contributed by atoms with E-state index in [4.69, 9.17) is 0 Å². The van der Waals surface area contributed by atoms with Crippen LogP contribution in [0.3, 0.4) is 0 Å². The molecule has 0 aromatic heterocycles. The topological polar surface area (TPSA) is 20.3 Å². The summed E-state index contributed by atoms with van der Waals surface area (Å²) in [6.07, 6.45) is 4.06. The second-order valence-electron chi connectivity index (χ2n) is 7.62. The lowest BCUT2D eigenvalue weighted by atomic mass is 9.94. The van der Waals surface area contributed by atoms with E-state index >= 15 is 0 Å². The second kappa shape index (κ2) is 8.85. The summed E-state index contributed by atoms with van der Waals surface area (Å²) in [4.78, 5) is 15.6. The number of piperidine rings is 1. The Hall–Kier alpha value is -3.23. The molecule has 4 rings (SSSR count). The highest BCUT2D eigenvalue weighted by Crippen LogP contribution is 2.23. The summed E-state index contributed by atoms with van der Waals surface area (Å²) in [5.41, 5.74) is 6.35. The molecule has 3 aromatic carbocycles. The van der Waals surface area contributed by atoms with Gasteiger partial charge in [0.05, 0.1) is 0 Å². The fourth-order valence-electron chi connectivity index (χ4n) is 3.79. The number of hydrogen-bond donors (Lipinski definition) is 0. The van der Waals surface area contributed by atoms with Crippen LogP contribution in [0.25, 0.3) is 12.2 Å². The van der Waals surface area contributed by atoms with E-state index in [1.807, 2.05) is 72.8 Å². The average Bonchev–Trinajstić information content (AvgIpc) is 2.73. The average molecular weight is 380 g/mol. The first kappa shape index (κ1) is 19.1. The maximum Gasteiger partial charge on any atom is 0.187 e. The van der Waals surface area contributed by atoms with Gasteiger partial charge in [0.1, 0.15) is 0 Å². The van der Waals surface area contributed by atoms with Gasteiger partial charge in [0, 0.05) is 30.8 Å². The van der Waals surface area contributed by atoms with Crippen LogP contribution in [0.2, 0.25) is 0 Å². The summed E-state index contributed by atoms with van der Waals surface area (Å²) in [5.74, 6) is 0.151. The molecule has 0 atom stereocenters. The molecule has 0 unspecified atom stereocenters. The van der Waals surface area contributed by atoms with Gasteiger partial charge in [-0.2, -0.15) is 0 Å². The fraction of sp³-hybridized carbons (Fsp3) is 0.148. The molecule has 144 valence electrons. The van der Waals surface area contributed by atoms with Crippen molar-refractivity contribution in [3.63, 3.8) is 0 Å². The summed E-state index contributed by atoms with van der Waals surface area (Å²) in [6.45, 7) is 4.26. The third kappa shape index (κ3) is 4.98. The van der Waals surface area contributed by atoms with Crippen molar-refractivity contribution in [2.24, 2.45) is 0 Å². The molecular weight excluding hydrogens is 354 g/mol. The van der Waals surface area contributed by atoms with Crippen LogP contribution in [0, 0.1) is 6.92 Å². The Labute approximate surface area is 172 Å². The number of benzene rings is 3. The van der Waals surface area contributed by atoms with Gasteiger partial charge in [0.2, 0.25) is 0 Å². The molecule has 29 heavy (non-hydrogen) atoms. The van der Waals surface area contributed by atoms with Crippen LogP contribution >= 0.6 is 0 Å². The number of ketones is 1. The number of carbonyl (C=O) groups is 1. The summed E-state index contributed by atoms with van der Waals surface area (Å²) in [7, 11) is 0. The van der Waals surface area contributed by atoms with Crippen molar-refractivity contribution in [3.8, 4) is 0 Å². The van der Waals surface area contributed by atoms with E-state index in [-0.39, 0.29) is 5.78 Å². The standard InChI is InChI=1S/C27H25NO/c1-21-9-8-14-24(15-21)18-28-19-25(16-22-10-4-2-5-11-22)27(29)26(20-28)17-23-12-6-3-7-13-23/h2-17H,18-20H2,1H3/b25-16+,26-17+. The first-order valence-corrected chi connectivity index (χ1v) is 10.0. The van der Waals surface area contributed by atoms with Crippen LogP contribution < -0.4 is 0 Å². The third-order valence-electron chi connectivity index (χ3n) is 5.14. The molecule has 0 radical (unpaired) electrons. The van der Waals surface area contributed by atoms with Gasteiger partial charge in [0.15, 0.2) is 5.78 Å². The van der Waals surface area contributed by atoms with Gasteiger partial charge in [0.25, 0.3) is 0 Å². The number of rotatable bonds is 4. The van der Waals surface area contributed by atoms with Gasteiger partial charge >= 0.3 is 0 Å². The number of hydrogen-bond acceptors (Lipinski definition) is 2. The number of carbonyl (C=O) groups excluding carboxylic acids is 1. The Kier molecular flexibility index (Phi) is 5.83. The van der Waals surface area contributed by atoms with Gasteiger partial charge in [-0.3, -0.25) is 9.69 Å². The first-order chi connectivity index (χ1) is 14.2. The molecule has 1 heterocycles. The first-order valence-electron chi connectivity index (χ1n) is 10.0. The Balaban J connectivity index is 1.67. The summed E-state index contributed by atoms with van der Waals surface area (Å²) in [5, 5.41) is 0. The molecule has 0 N–H and O–H groups in total. The summed E-state index contributed by atoms with van der Waals surface area (Å²) >= 11 is 0. The molecule has 1 saturated heterocycles. The molecule has 0 saturated carbocycles. The highest BCUT2D eigenvalue weighted by Gasteiger charge is 2.26. The molecule has 3 aromatic rings. The van der Waals surface area contributed by atoms with Crippen molar-refractivity contribution in [2.45, 2.75) is 13.5 Å². The minimum atomic E-state index is 0.151. The lowest BCUT2D eigenvalue weighted by Crippen LogP contribution is -2.37. The molecular formula is C27H25NO. The molecule has 0 bridgehead atoms. The molecule has 0 aliphatic carbocycles. The zero-order chi connectivity index (χ0) is 20.1. The van der Waals surface area contributed by atoms with Gasteiger partial charge in [-0.05, 0) is 35.8 Å². The number of Topliss-reactive ketones (excluding diaryl/α,β-unsaturated/α-hetero) is 1. The minimum absolute atomic E-state index is 0.151. The van der Waals surface area contributed by atoms with E-state index in [1.54, 1.807) is 0 Å².